The van der Waals surface area contributed by atoms with Gasteiger partial charge in [0, 0.05) is 37.8 Å². The molecule has 3 amide bonds. The van der Waals surface area contributed by atoms with Crippen molar-refractivity contribution in [3.63, 3.8) is 0 Å². The van der Waals surface area contributed by atoms with Crippen molar-refractivity contribution in [2.45, 2.75) is 37.8 Å². The van der Waals surface area contributed by atoms with Gasteiger partial charge in [0.05, 0.1) is 10.7 Å². The third-order valence-electron chi connectivity index (χ3n) is 4.95. The van der Waals surface area contributed by atoms with Gasteiger partial charge in [-0.05, 0) is 43.9 Å². The summed E-state index contributed by atoms with van der Waals surface area (Å²) in [4.78, 5) is 28.0. The van der Waals surface area contributed by atoms with Crippen molar-refractivity contribution in [3.05, 3.63) is 28.8 Å². The SMILES string of the molecule is CN(C(=O)c1ccc(Cl)c(N2CCNC2=O)c1)C1CCC(N)CC1. The van der Waals surface area contributed by atoms with Crippen molar-refractivity contribution in [3.8, 4) is 0 Å². The molecule has 0 atom stereocenters. The standard InChI is InChI=1S/C17H23ClN4O2/c1-21(13-5-3-12(19)4-6-13)16(23)11-2-7-14(18)15(10-11)22-9-8-20-17(22)24/h2,7,10,12-13H,3-6,8-9,19H2,1H3,(H,20,24). The maximum absolute atomic E-state index is 12.8. The first-order valence-corrected chi connectivity index (χ1v) is 8.73. The first kappa shape index (κ1) is 17.0. The van der Waals surface area contributed by atoms with Crippen LogP contribution in [0.2, 0.25) is 5.02 Å². The molecular weight excluding hydrogens is 328 g/mol. The Balaban J connectivity index is 1.78. The Labute approximate surface area is 146 Å². The molecule has 0 bridgehead atoms. The van der Waals surface area contributed by atoms with Gasteiger partial charge in [0.1, 0.15) is 0 Å². The summed E-state index contributed by atoms with van der Waals surface area (Å²) in [5.74, 6) is -0.0482. The fourth-order valence-corrected chi connectivity index (χ4v) is 3.63. The molecule has 1 saturated carbocycles. The Bertz CT molecular complexity index is 643. The average Bonchev–Trinajstić information content (AvgIpc) is 3.00. The molecule has 130 valence electrons. The number of anilines is 1. The zero-order valence-corrected chi connectivity index (χ0v) is 14.6. The van der Waals surface area contributed by atoms with Gasteiger partial charge in [-0.3, -0.25) is 9.69 Å². The number of hydrogen-bond donors (Lipinski definition) is 2. The number of amides is 3. The predicted molar refractivity (Wildman–Crippen MR) is 94.5 cm³/mol. The normalized spacial score (nSPS) is 24.0. The lowest BCUT2D eigenvalue weighted by molar-refractivity contribution is 0.0690. The smallest absolute Gasteiger partial charge is 0.322 e. The lowest BCUT2D eigenvalue weighted by atomic mass is 9.90. The van der Waals surface area contributed by atoms with Crippen molar-refractivity contribution in [2.75, 3.05) is 25.0 Å². The van der Waals surface area contributed by atoms with Crippen LogP contribution in [0, 0.1) is 0 Å². The zero-order chi connectivity index (χ0) is 17.3. The van der Waals surface area contributed by atoms with E-state index in [4.69, 9.17) is 17.3 Å². The van der Waals surface area contributed by atoms with Gasteiger partial charge in [0.15, 0.2) is 0 Å². The van der Waals surface area contributed by atoms with E-state index in [1.807, 2.05) is 7.05 Å². The van der Waals surface area contributed by atoms with E-state index in [-0.39, 0.29) is 24.0 Å². The summed E-state index contributed by atoms with van der Waals surface area (Å²) in [5, 5.41) is 3.21. The zero-order valence-electron chi connectivity index (χ0n) is 13.8. The van der Waals surface area contributed by atoms with Crippen LogP contribution in [-0.2, 0) is 0 Å². The lowest BCUT2D eigenvalue weighted by Gasteiger charge is -2.33. The number of benzene rings is 1. The first-order valence-electron chi connectivity index (χ1n) is 8.35. The van der Waals surface area contributed by atoms with Crippen LogP contribution in [0.1, 0.15) is 36.0 Å². The average molecular weight is 351 g/mol. The number of halogens is 1. The van der Waals surface area contributed by atoms with Crippen molar-refractivity contribution < 1.29 is 9.59 Å². The Morgan fingerprint density at radius 2 is 2.04 bits per heavy atom. The Kier molecular flexibility index (Phi) is 4.96. The molecule has 1 saturated heterocycles. The topological polar surface area (TPSA) is 78.7 Å². The molecule has 3 N–H and O–H groups in total. The fourth-order valence-electron chi connectivity index (χ4n) is 3.41. The maximum atomic E-state index is 12.8. The molecule has 3 rings (SSSR count). The van der Waals surface area contributed by atoms with E-state index in [9.17, 15) is 9.59 Å². The van der Waals surface area contributed by atoms with Crippen LogP contribution < -0.4 is 16.0 Å². The van der Waals surface area contributed by atoms with E-state index in [1.54, 1.807) is 28.0 Å². The van der Waals surface area contributed by atoms with E-state index in [0.29, 0.717) is 29.4 Å². The summed E-state index contributed by atoms with van der Waals surface area (Å²) >= 11 is 6.23. The van der Waals surface area contributed by atoms with E-state index in [2.05, 4.69) is 5.32 Å². The molecule has 2 fully saturated rings. The molecule has 1 aliphatic carbocycles. The largest absolute Gasteiger partial charge is 0.339 e. The van der Waals surface area contributed by atoms with Crippen molar-refractivity contribution >= 4 is 29.2 Å². The van der Waals surface area contributed by atoms with Gasteiger partial charge >= 0.3 is 6.03 Å². The van der Waals surface area contributed by atoms with Crippen LogP contribution in [-0.4, -0.2) is 49.1 Å². The van der Waals surface area contributed by atoms with Crippen LogP contribution in [0.3, 0.4) is 0 Å². The molecule has 2 aliphatic rings. The monoisotopic (exact) mass is 350 g/mol. The second-order valence-corrected chi connectivity index (χ2v) is 6.94. The Hall–Kier alpha value is -1.79. The molecule has 0 aromatic heterocycles. The number of carbonyl (C=O) groups is 2. The third kappa shape index (κ3) is 3.35. The molecule has 7 heteroatoms. The molecular formula is C17H23ClN4O2. The summed E-state index contributed by atoms with van der Waals surface area (Å²) in [7, 11) is 1.83. The number of nitrogens with two attached hydrogens (primary N) is 1. The van der Waals surface area contributed by atoms with Gasteiger partial charge in [-0.2, -0.15) is 0 Å². The highest BCUT2D eigenvalue weighted by molar-refractivity contribution is 6.34. The summed E-state index contributed by atoms with van der Waals surface area (Å²) in [6.45, 7) is 1.13. The van der Waals surface area contributed by atoms with Crippen LogP contribution in [0.5, 0.6) is 0 Å². The second kappa shape index (κ2) is 6.99. The number of nitrogens with one attached hydrogen (secondary N) is 1. The van der Waals surface area contributed by atoms with E-state index >= 15 is 0 Å². The maximum Gasteiger partial charge on any atom is 0.322 e. The molecule has 6 nitrogen and oxygen atoms in total. The summed E-state index contributed by atoms with van der Waals surface area (Å²) in [6.07, 6.45) is 3.75. The van der Waals surface area contributed by atoms with E-state index in [1.165, 1.54) is 0 Å². The minimum atomic E-state index is -0.184. The van der Waals surface area contributed by atoms with Crippen LogP contribution in [0.4, 0.5) is 10.5 Å². The minimum absolute atomic E-state index is 0.0482. The lowest BCUT2D eigenvalue weighted by Crippen LogP contribution is -2.41. The summed E-state index contributed by atoms with van der Waals surface area (Å²) < 4.78 is 0. The third-order valence-corrected chi connectivity index (χ3v) is 5.27. The number of carbonyl (C=O) groups excluding carboxylic acids is 2. The molecule has 1 aromatic rings. The molecule has 0 radical (unpaired) electrons. The highest BCUT2D eigenvalue weighted by Gasteiger charge is 2.28. The van der Waals surface area contributed by atoms with Gasteiger partial charge in [0.25, 0.3) is 5.91 Å². The van der Waals surface area contributed by atoms with Gasteiger partial charge in [-0.1, -0.05) is 11.6 Å². The molecule has 0 unspecified atom stereocenters. The van der Waals surface area contributed by atoms with Gasteiger partial charge < -0.3 is 16.0 Å². The van der Waals surface area contributed by atoms with Gasteiger partial charge in [0.2, 0.25) is 0 Å². The Morgan fingerprint density at radius 1 is 1.33 bits per heavy atom. The molecule has 1 aliphatic heterocycles. The fraction of sp³-hybridized carbons (Fsp3) is 0.529. The highest BCUT2D eigenvalue weighted by Crippen LogP contribution is 2.29. The van der Waals surface area contributed by atoms with Gasteiger partial charge in [-0.15, -0.1) is 0 Å². The quantitative estimate of drug-likeness (QED) is 0.877. The number of rotatable bonds is 3. The highest BCUT2D eigenvalue weighted by atomic mass is 35.5. The molecule has 0 spiro atoms. The summed E-state index contributed by atoms with van der Waals surface area (Å²) in [6, 6.07) is 5.39. The summed E-state index contributed by atoms with van der Waals surface area (Å²) in [5.41, 5.74) is 7.07. The van der Waals surface area contributed by atoms with Crippen LogP contribution >= 0.6 is 11.6 Å². The molecule has 1 aromatic carbocycles. The second-order valence-electron chi connectivity index (χ2n) is 6.53. The van der Waals surface area contributed by atoms with Crippen LogP contribution in [0.25, 0.3) is 0 Å². The molecule has 1 heterocycles. The number of hydrogen-bond acceptors (Lipinski definition) is 3. The van der Waals surface area contributed by atoms with E-state index < -0.39 is 0 Å². The van der Waals surface area contributed by atoms with Crippen molar-refractivity contribution in [1.82, 2.24) is 10.2 Å². The molecule has 24 heavy (non-hydrogen) atoms. The van der Waals surface area contributed by atoms with Crippen molar-refractivity contribution in [1.29, 1.82) is 0 Å². The predicted octanol–water partition coefficient (Wildman–Crippen LogP) is 2.21. The van der Waals surface area contributed by atoms with E-state index in [0.717, 1.165) is 25.7 Å². The first-order chi connectivity index (χ1) is 11.5. The van der Waals surface area contributed by atoms with Gasteiger partial charge in [-0.25, -0.2) is 4.79 Å². The Morgan fingerprint density at radius 3 is 2.67 bits per heavy atom. The number of nitrogens with zero attached hydrogens (tertiary/aromatic N) is 2. The van der Waals surface area contributed by atoms with Crippen molar-refractivity contribution in [2.24, 2.45) is 5.73 Å². The van der Waals surface area contributed by atoms with Crippen LogP contribution in [0.15, 0.2) is 18.2 Å². The number of urea groups is 1. The minimum Gasteiger partial charge on any atom is -0.339 e.